The van der Waals surface area contributed by atoms with Crippen molar-refractivity contribution in [3.05, 3.63) is 20.8 Å². The summed E-state index contributed by atoms with van der Waals surface area (Å²) < 4.78 is 1.23. The highest BCUT2D eigenvalue weighted by atomic mass is 79.9. The van der Waals surface area contributed by atoms with E-state index in [-0.39, 0.29) is 0 Å². The third kappa shape index (κ3) is 4.34. The molecule has 80 valence electrons. The quantitative estimate of drug-likeness (QED) is 0.863. The molecular weight excluding hydrogens is 278 g/mol. The van der Waals surface area contributed by atoms with E-state index in [0.717, 1.165) is 6.42 Å². The summed E-state index contributed by atoms with van der Waals surface area (Å²) in [5.74, 6) is 2.40. The monoisotopic (exact) mass is 293 g/mol. The molecule has 0 saturated heterocycles. The van der Waals surface area contributed by atoms with E-state index >= 15 is 0 Å². The molecule has 1 heterocycles. The third-order valence-electron chi connectivity index (χ3n) is 2.01. The molecule has 0 spiro atoms. The Labute approximate surface area is 103 Å². The lowest BCUT2D eigenvalue weighted by Crippen LogP contribution is -2.29. The van der Waals surface area contributed by atoms with Gasteiger partial charge in [0, 0.05) is 16.7 Å². The SMILES string of the molecule is CCSCC(Cc1ccc(Br)s1)NC. The van der Waals surface area contributed by atoms with Crippen molar-refractivity contribution in [3.63, 3.8) is 0 Å². The van der Waals surface area contributed by atoms with Crippen LogP contribution in [0.1, 0.15) is 11.8 Å². The average Bonchev–Trinajstić information content (AvgIpc) is 2.58. The first kappa shape index (κ1) is 12.6. The minimum atomic E-state index is 0.602. The van der Waals surface area contributed by atoms with Crippen molar-refractivity contribution in [1.82, 2.24) is 5.32 Å². The van der Waals surface area contributed by atoms with E-state index in [1.165, 1.54) is 20.2 Å². The van der Waals surface area contributed by atoms with Gasteiger partial charge in [0.2, 0.25) is 0 Å². The average molecular weight is 294 g/mol. The summed E-state index contributed by atoms with van der Waals surface area (Å²) in [5, 5.41) is 3.37. The second-order valence-electron chi connectivity index (χ2n) is 3.06. The van der Waals surface area contributed by atoms with Gasteiger partial charge in [-0.15, -0.1) is 11.3 Å². The molecule has 1 unspecified atom stereocenters. The molecule has 0 fully saturated rings. The third-order valence-corrected chi connectivity index (χ3v) is 4.70. The topological polar surface area (TPSA) is 12.0 Å². The van der Waals surface area contributed by atoms with E-state index in [4.69, 9.17) is 0 Å². The van der Waals surface area contributed by atoms with Gasteiger partial charge < -0.3 is 5.32 Å². The molecule has 0 bridgehead atoms. The first-order valence-corrected chi connectivity index (χ1v) is 7.52. The lowest BCUT2D eigenvalue weighted by Gasteiger charge is -2.13. The van der Waals surface area contributed by atoms with Gasteiger partial charge in [0.15, 0.2) is 0 Å². The van der Waals surface area contributed by atoms with Crippen LogP contribution in [0, 0.1) is 0 Å². The first-order valence-electron chi connectivity index (χ1n) is 4.75. The van der Waals surface area contributed by atoms with Gasteiger partial charge in [-0.3, -0.25) is 0 Å². The van der Waals surface area contributed by atoms with Crippen molar-refractivity contribution in [2.45, 2.75) is 19.4 Å². The van der Waals surface area contributed by atoms with Crippen LogP contribution in [0.15, 0.2) is 15.9 Å². The number of rotatable bonds is 6. The standard InChI is InChI=1S/C10H16BrNS2/c1-3-13-7-8(12-2)6-9-4-5-10(11)14-9/h4-5,8,12H,3,6-7H2,1-2H3. The van der Waals surface area contributed by atoms with Gasteiger partial charge >= 0.3 is 0 Å². The number of thiophene rings is 1. The van der Waals surface area contributed by atoms with Crippen LogP contribution in [0.4, 0.5) is 0 Å². The fourth-order valence-corrected chi connectivity index (χ4v) is 3.58. The maximum atomic E-state index is 3.49. The molecule has 1 rings (SSSR count). The number of nitrogens with one attached hydrogen (secondary N) is 1. The fourth-order valence-electron chi connectivity index (χ4n) is 1.21. The van der Waals surface area contributed by atoms with Crippen molar-refractivity contribution in [3.8, 4) is 0 Å². The summed E-state index contributed by atoms with van der Waals surface area (Å²) >= 11 is 7.32. The largest absolute Gasteiger partial charge is 0.316 e. The molecule has 14 heavy (non-hydrogen) atoms. The molecule has 1 aromatic rings. The summed E-state index contributed by atoms with van der Waals surface area (Å²) in [6.45, 7) is 2.21. The molecule has 1 nitrogen and oxygen atoms in total. The second kappa shape index (κ2) is 6.88. The fraction of sp³-hybridized carbons (Fsp3) is 0.600. The summed E-state index contributed by atoms with van der Waals surface area (Å²) in [6, 6.07) is 4.93. The Morgan fingerprint density at radius 1 is 1.57 bits per heavy atom. The van der Waals surface area contributed by atoms with Crippen molar-refractivity contribution in [1.29, 1.82) is 0 Å². The zero-order chi connectivity index (χ0) is 10.4. The Hall–Kier alpha value is 0.490. The van der Waals surface area contributed by atoms with Gasteiger partial charge in [-0.05, 0) is 47.3 Å². The Morgan fingerprint density at radius 2 is 2.36 bits per heavy atom. The van der Waals surface area contributed by atoms with Crippen LogP contribution in [0.25, 0.3) is 0 Å². The highest BCUT2D eigenvalue weighted by Crippen LogP contribution is 2.23. The highest BCUT2D eigenvalue weighted by molar-refractivity contribution is 9.11. The van der Waals surface area contributed by atoms with Gasteiger partial charge in [0.25, 0.3) is 0 Å². The van der Waals surface area contributed by atoms with Crippen LogP contribution in [-0.4, -0.2) is 24.6 Å². The Bertz CT molecular complexity index is 262. The molecule has 0 radical (unpaired) electrons. The van der Waals surface area contributed by atoms with Crippen LogP contribution in [0.2, 0.25) is 0 Å². The van der Waals surface area contributed by atoms with Gasteiger partial charge in [-0.2, -0.15) is 11.8 Å². The molecule has 1 aromatic heterocycles. The summed E-state index contributed by atoms with van der Waals surface area (Å²) in [4.78, 5) is 1.45. The summed E-state index contributed by atoms with van der Waals surface area (Å²) in [7, 11) is 2.05. The number of hydrogen-bond donors (Lipinski definition) is 1. The summed E-state index contributed by atoms with van der Waals surface area (Å²) in [5.41, 5.74) is 0. The number of hydrogen-bond acceptors (Lipinski definition) is 3. The maximum Gasteiger partial charge on any atom is 0.0701 e. The van der Waals surface area contributed by atoms with E-state index in [9.17, 15) is 0 Å². The number of halogens is 1. The van der Waals surface area contributed by atoms with Crippen molar-refractivity contribution in [2.24, 2.45) is 0 Å². The van der Waals surface area contributed by atoms with Crippen molar-refractivity contribution < 1.29 is 0 Å². The normalized spacial score (nSPS) is 13.1. The predicted molar refractivity (Wildman–Crippen MR) is 71.6 cm³/mol. The lowest BCUT2D eigenvalue weighted by molar-refractivity contribution is 0.622. The van der Waals surface area contributed by atoms with Crippen molar-refractivity contribution in [2.75, 3.05) is 18.6 Å². The van der Waals surface area contributed by atoms with Crippen molar-refractivity contribution >= 4 is 39.0 Å². The number of likely N-dealkylation sites (N-methyl/N-ethyl adjacent to an activating group) is 1. The molecular formula is C10H16BrNS2. The summed E-state index contributed by atoms with van der Waals surface area (Å²) in [6.07, 6.45) is 1.14. The van der Waals surface area contributed by atoms with Gasteiger partial charge in [-0.1, -0.05) is 6.92 Å². The van der Waals surface area contributed by atoms with Crippen LogP contribution in [-0.2, 0) is 6.42 Å². The zero-order valence-corrected chi connectivity index (χ0v) is 11.8. The number of thioether (sulfide) groups is 1. The molecule has 0 aliphatic carbocycles. The molecule has 0 aromatic carbocycles. The Morgan fingerprint density at radius 3 is 2.86 bits per heavy atom. The van der Waals surface area contributed by atoms with E-state index in [1.54, 1.807) is 0 Å². The van der Waals surface area contributed by atoms with Crippen LogP contribution in [0.5, 0.6) is 0 Å². The van der Waals surface area contributed by atoms with Gasteiger partial charge in [-0.25, -0.2) is 0 Å². The van der Waals surface area contributed by atoms with Crippen LogP contribution in [0.3, 0.4) is 0 Å². The van der Waals surface area contributed by atoms with Crippen LogP contribution >= 0.6 is 39.0 Å². The van der Waals surface area contributed by atoms with E-state index < -0.39 is 0 Å². The smallest absolute Gasteiger partial charge is 0.0701 e. The molecule has 0 saturated carbocycles. The molecule has 1 N–H and O–H groups in total. The van der Waals surface area contributed by atoms with E-state index in [1.807, 2.05) is 30.1 Å². The minimum absolute atomic E-state index is 0.602. The highest BCUT2D eigenvalue weighted by Gasteiger charge is 2.08. The first-order chi connectivity index (χ1) is 6.76. The predicted octanol–water partition coefficient (Wildman–Crippen LogP) is 3.39. The van der Waals surface area contributed by atoms with Crippen LogP contribution < -0.4 is 5.32 Å². The molecule has 1 atom stereocenters. The van der Waals surface area contributed by atoms with Gasteiger partial charge in [0.05, 0.1) is 3.79 Å². The van der Waals surface area contributed by atoms with E-state index in [2.05, 4.69) is 40.3 Å². The molecule has 4 heteroatoms. The maximum absolute atomic E-state index is 3.49. The Balaban J connectivity index is 2.40. The second-order valence-corrected chi connectivity index (χ2v) is 6.92. The molecule has 0 aliphatic rings. The van der Waals surface area contributed by atoms with Gasteiger partial charge in [0.1, 0.15) is 0 Å². The zero-order valence-electron chi connectivity index (χ0n) is 8.55. The van der Waals surface area contributed by atoms with E-state index in [0.29, 0.717) is 6.04 Å². The molecule has 0 amide bonds. The molecule has 0 aliphatic heterocycles. The lowest BCUT2D eigenvalue weighted by atomic mass is 10.2. The minimum Gasteiger partial charge on any atom is -0.316 e. The Kier molecular flexibility index (Phi) is 6.17.